The average Bonchev–Trinajstić information content (AvgIpc) is 2.27. The van der Waals surface area contributed by atoms with E-state index in [1.807, 2.05) is 19.1 Å². The number of carbonyl (C=O) groups excluding carboxylic acids is 1. The maximum atomic E-state index is 11.5. The fourth-order valence-electron chi connectivity index (χ4n) is 1.19. The molecule has 0 aliphatic rings. The molecule has 0 heterocycles. The molecule has 2 N–H and O–H groups in total. The Bertz CT molecular complexity index is 379. The summed E-state index contributed by atoms with van der Waals surface area (Å²) in [6.45, 7) is 2.97. The maximum absolute atomic E-state index is 11.5. The molecule has 3 heteroatoms. The van der Waals surface area contributed by atoms with E-state index in [2.05, 4.69) is 16.6 Å². The van der Waals surface area contributed by atoms with Gasteiger partial charge in [0.25, 0.3) is 5.91 Å². The van der Waals surface area contributed by atoms with E-state index < -0.39 is 0 Å². The molecule has 1 rings (SSSR count). The highest BCUT2D eigenvalue weighted by Gasteiger charge is 2.03. The lowest BCUT2D eigenvalue weighted by Crippen LogP contribution is -2.22. The SMILES string of the molecule is C#CCNc1cccc(C(=O)NCC)c1. The predicted molar refractivity (Wildman–Crippen MR) is 61.8 cm³/mol. The first-order valence-electron chi connectivity index (χ1n) is 4.83. The third-order valence-electron chi connectivity index (χ3n) is 1.86. The highest BCUT2D eigenvalue weighted by molar-refractivity contribution is 5.95. The maximum Gasteiger partial charge on any atom is 0.251 e. The predicted octanol–water partition coefficient (Wildman–Crippen LogP) is 1.48. The van der Waals surface area contributed by atoms with Crippen molar-refractivity contribution in [2.75, 3.05) is 18.4 Å². The van der Waals surface area contributed by atoms with Crippen molar-refractivity contribution in [2.45, 2.75) is 6.92 Å². The van der Waals surface area contributed by atoms with Crippen LogP contribution in [0.15, 0.2) is 24.3 Å². The summed E-state index contributed by atoms with van der Waals surface area (Å²) in [4.78, 5) is 11.5. The minimum Gasteiger partial charge on any atom is -0.374 e. The van der Waals surface area contributed by atoms with Crippen LogP contribution in [-0.2, 0) is 0 Å². The van der Waals surface area contributed by atoms with Gasteiger partial charge in [0.05, 0.1) is 6.54 Å². The van der Waals surface area contributed by atoms with Crippen LogP contribution in [0.5, 0.6) is 0 Å². The number of rotatable bonds is 4. The Morgan fingerprint density at radius 1 is 1.53 bits per heavy atom. The molecule has 0 saturated heterocycles. The van der Waals surface area contributed by atoms with Gasteiger partial charge in [0, 0.05) is 17.8 Å². The zero-order valence-electron chi connectivity index (χ0n) is 8.71. The Morgan fingerprint density at radius 3 is 3.00 bits per heavy atom. The standard InChI is InChI=1S/C12H14N2O/c1-3-8-14-11-7-5-6-10(9-11)12(15)13-4-2/h1,5-7,9,14H,4,8H2,2H3,(H,13,15). The summed E-state index contributed by atoms with van der Waals surface area (Å²) in [5.74, 6) is 2.41. The quantitative estimate of drug-likeness (QED) is 0.726. The molecule has 0 bridgehead atoms. The minimum atomic E-state index is -0.0677. The summed E-state index contributed by atoms with van der Waals surface area (Å²) in [5, 5.41) is 5.75. The van der Waals surface area contributed by atoms with Crippen LogP contribution < -0.4 is 10.6 Å². The van der Waals surface area contributed by atoms with E-state index in [0.717, 1.165) is 5.69 Å². The Balaban J connectivity index is 2.74. The summed E-state index contributed by atoms with van der Waals surface area (Å²) in [6, 6.07) is 7.25. The Labute approximate surface area is 89.9 Å². The van der Waals surface area contributed by atoms with Crippen LogP contribution in [0.3, 0.4) is 0 Å². The molecular formula is C12H14N2O. The molecule has 0 aliphatic heterocycles. The Morgan fingerprint density at radius 2 is 2.33 bits per heavy atom. The van der Waals surface area contributed by atoms with E-state index in [9.17, 15) is 4.79 Å². The summed E-state index contributed by atoms with van der Waals surface area (Å²) in [6.07, 6.45) is 5.13. The second kappa shape index (κ2) is 5.71. The van der Waals surface area contributed by atoms with Gasteiger partial charge < -0.3 is 10.6 Å². The lowest BCUT2D eigenvalue weighted by molar-refractivity contribution is 0.0956. The summed E-state index contributed by atoms with van der Waals surface area (Å²) in [7, 11) is 0. The molecule has 1 aromatic carbocycles. The van der Waals surface area contributed by atoms with Crippen LogP contribution in [0.2, 0.25) is 0 Å². The van der Waals surface area contributed by atoms with Gasteiger partial charge in [-0.1, -0.05) is 12.0 Å². The van der Waals surface area contributed by atoms with Crippen molar-refractivity contribution in [3.8, 4) is 12.3 Å². The number of carbonyl (C=O) groups is 1. The number of hydrogen-bond donors (Lipinski definition) is 2. The third-order valence-corrected chi connectivity index (χ3v) is 1.86. The number of nitrogens with one attached hydrogen (secondary N) is 2. The van der Waals surface area contributed by atoms with Gasteiger partial charge in [-0.15, -0.1) is 6.42 Å². The second-order valence-electron chi connectivity index (χ2n) is 3.00. The van der Waals surface area contributed by atoms with Crippen molar-refractivity contribution >= 4 is 11.6 Å². The monoisotopic (exact) mass is 202 g/mol. The van der Waals surface area contributed by atoms with E-state index in [1.54, 1.807) is 12.1 Å². The molecule has 0 spiro atoms. The van der Waals surface area contributed by atoms with Crippen LogP contribution >= 0.6 is 0 Å². The molecule has 1 aromatic rings. The Kier molecular flexibility index (Phi) is 4.24. The first-order chi connectivity index (χ1) is 7.27. The van der Waals surface area contributed by atoms with Gasteiger partial charge in [0.15, 0.2) is 0 Å². The summed E-state index contributed by atoms with van der Waals surface area (Å²) < 4.78 is 0. The second-order valence-corrected chi connectivity index (χ2v) is 3.00. The van der Waals surface area contributed by atoms with Crippen LogP contribution in [0.4, 0.5) is 5.69 Å². The van der Waals surface area contributed by atoms with Gasteiger partial charge in [-0.2, -0.15) is 0 Å². The van der Waals surface area contributed by atoms with Crippen molar-refractivity contribution in [3.63, 3.8) is 0 Å². The van der Waals surface area contributed by atoms with E-state index in [0.29, 0.717) is 18.7 Å². The number of benzene rings is 1. The fourth-order valence-corrected chi connectivity index (χ4v) is 1.19. The van der Waals surface area contributed by atoms with Crippen LogP contribution in [0.25, 0.3) is 0 Å². The van der Waals surface area contributed by atoms with Gasteiger partial charge in [0.1, 0.15) is 0 Å². The topological polar surface area (TPSA) is 41.1 Å². The molecule has 0 aliphatic carbocycles. The fraction of sp³-hybridized carbons (Fsp3) is 0.250. The van der Waals surface area contributed by atoms with Crippen molar-refractivity contribution in [1.82, 2.24) is 5.32 Å². The van der Waals surface area contributed by atoms with Crippen LogP contribution in [0, 0.1) is 12.3 Å². The smallest absolute Gasteiger partial charge is 0.251 e. The lowest BCUT2D eigenvalue weighted by Gasteiger charge is -2.05. The molecule has 15 heavy (non-hydrogen) atoms. The number of terminal acetylenes is 1. The number of hydrogen-bond acceptors (Lipinski definition) is 2. The van der Waals surface area contributed by atoms with Gasteiger partial charge in [0.2, 0.25) is 0 Å². The first kappa shape index (κ1) is 11.1. The highest BCUT2D eigenvalue weighted by atomic mass is 16.1. The molecule has 1 amide bonds. The van der Waals surface area contributed by atoms with Gasteiger partial charge in [-0.25, -0.2) is 0 Å². The normalized spacial score (nSPS) is 9.07. The molecule has 78 valence electrons. The number of anilines is 1. The largest absolute Gasteiger partial charge is 0.374 e. The van der Waals surface area contributed by atoms with Crippen molar-refractivity contribution in [2.24, 2.45) is 0 Å². The van der Waals surface area contributed by atoms with Crippen LogP contribution in [0.1, 0.15) is 17.3 Å². The van der Waals surface area contributed by atoms with Crippen molar-refractivity contribution in [1.29, 1.82) is 0 Å². The molecule has 0 fully saturated rings. The molecule has 0 aromatic heterocycles. The van der Waals surface area contributed by atoms with E-state index in [-0.39, 0.29) is 5.91 Å². The Hall–Kier alpha value is -1.95. The zero-order chi connectivity index (χ0) is 11.1. The van der Waals surface area contributed by atoms with Crippen LogP contribution in [-0.4, -0.2) is 19.0 Å². The van der Waals surface area contributed by atoms with Crippen molar-refractivity contribution in [3.05, 3.63) is 29.8 Å². The average molecular weight is 202 g/mol. The van der Waals surface area contributed by atoms with Gasteiger partial charge >= 0.3 is 0 Å². The molecule has 0 saturated carbocycles. The van der Waals surface area contributed by atoms with Crippen molar-refractivity contribution < 1.29 is 4.79 Å². The van der Waals surface area contributed by atoms with Gasteiger partial charge in [-0.05, 0) is 25.1 Å². The highest BCUT2D eigenvalue weighted by Crippen LogP contribution is 2.09. The molecule has 0 atom stereocenters. The number of amides is 1. The summed E-state index contributed by atoms with van der Waals surface area (Å²) in [5.41, 5.74) is 1.50. The minimum absolute atomic E-state index is 0.0677. The van der Waals surface area contributed by atoms with E-state index in [4.69, 9.17) is 6.42 Å². The third kappa shape index (κ3) is 3.35. The summed E-state index contributed by atoms with van der Waals surface area (Å²) >= 11 is 0. The molecular weight excluding hydrogens is 188 g/mol. The molecule has 3 nitrogen and oxygen atoms in total. The first-order valence-corrected chi connectivity index (χ1v) is 4.83. The van der Waals surface area contributed by atoms with E-state index >= 15 is 0 Å². The molecule has 0 unspecified atom stereocenters. The zero-order valence-corrected chi connectivity index (χ0v) is 8.71. The van der Waals surface area contributed by atoms with E-state index in [1.165, 1.54) is 0 Å². The molecule has 0 radical (unpaired) electrons. The lowest BCUT2D eigenvalue weighted by atomic mass is 10.2. The van der Waals surface area contributed by atoms with Gasteiger partial charge in [-0.3, -0.25) is 4.79 Å².